The predicted octanol–water partition coefficient (Wildman–Crippen LogP) is 1.47. The SMILES string of the molecule is CC(C)(C)NCCN1CCC(O)C(C)(C)C1. The maximum Gasteiger partial charge on any atom is 0.0615 e. The Morgan fingerprint density at radius 2 is 2.00 bits per heavy atom. The van der Waals surface area contributed by atoms with Crippen molar-refractivity contribution in [3.63, 3.8) is 0 Å². The van der Waals surface area contributed by atoms with Crippen molar-refractivity contribution in [2.75, 3.05) is 26.2 Å². The lowest BCUT2D eigenvalue weighted by molar-refractivity contribution is -0.0242. The number of hydrogen-bond acceptors (Lipinski definition) is 3. The maximum absolute atomic E-state index is 9.87. The van der Waals surface area contributed by atoms with Gasteiger partial charge in [0.25, 0.3) is 0 Å². The number of likely N-dealkylation sites (tertiary alicyclic amines) is 1. The summed E-state index contributed by atoms with van der Waals surface area (Å²) in [5, 5.41) is 13.4. The molecule has 1 aliphatic heterocycles. The van der Waals surface area contributed by atoms with Gasteiger partial charge in [0.1, 0.15) is 0 Å². The Morgan fingerprint density at radius 1 is 1.38 bits per heavy atom. The monoisotopic (exact) mass is 228 g/mol. The van der Waals surface area contributed by atoms with Gasteiger partial charge in [0, 0.05) is 37.1 Å². The van der Waals surface area contributed by atoms with E-state index in [9.17, 15) is 5.11 Å². The van der Waals surface area contributed by atoms with Crippen LogP contribution in [-0.4, -0.2) is 47.8 Å². The number of aliphatic hydroxyl groups is 1. The highest BCUT2D eigenvalue weighted by atomic mass is 16.3. The van der Waals surface area contributed by atoms with Crippen LogP contribution >= 0.6 is 0 Å². The topological polar surface area (TPSA) is 35.5 Å². The molecule has 0 saturated carbocycles. The average Bonchev–Trinajstić information content (AvgIpc) is 2.08. The van der Waals surface area contributed by atoms with E-state index in [4.69, 9.17) is 0 Å². The summed E-state index contributed by atoms with van der Waals surface area (Å²) in [7, 11) is 0. The lowest BCUT2D eigenvalue weighted by Crippen LogP contribution is -2.51. The van der Waals surface area contributed by atoms with Gasteiger partial charge < -0.3 is 15.3 Å². The number of nitrogens with one attached hydrogen (secondary N) is 1. The first-order valence-corrected chi connectivity index (χ1v) is 6.36. The molecule has 0 radical (unpaired) electrons. The van der Waals surface area contributed by atoms with Crippen LogP contribution in [0.15, 0.2) is 0 Å². The molecule has 0 bridgehead atoms. The Labute approximate surface area is 100 Å². The summed E-state index contributed by atoms with van der Waals surface area (Å²) in [5.41, 5.74) is 0.241. The fraction of sp³-hybridized carbons (Fsp3) is 1.00. The molecule has 1 atom stereocenters. The van der Waals surface area contributed by atoms with Gasteiger partial charge in [-0.3, -0.25) is 0 Å². The van der Waals surface area contributed by atoms with Gasteiger partial charge in [0.15, 0.2) is 0 Å². The quantitative estimate of drug-likeness (QED) is 0.768. The van der Waals surface area contributed by atoms with Gasteiger partial charge >= 0.3 is 0 Å². The van der Waals surface area contributed by atoms with Gasteiger partial charge in [0.2, 0.25) is 0 Å². The van der Waals surface area contributed by atoms with Gasteiger partial charge in [-0.2, -0.15) is 0 Å². The van der Waals surface area contributed by atoms with Crippen LogP contribution in [0.4, 0.5) is 0 Å². The van der Waals surface area contributed by atoms with Crippen molar-refractivity contribution < 1.29 is 5.11 Å². The molecule has 3 nitrogen and oxygen atoms in total. The highest BCUT2D eigenvalue weighted by Gasteiger charge is 2.34. The van der Waals surface area contributed by atoms with Crippen LogP contribution in [0.3, 0.4) is 0 Å². The number of piperidine rings is 1. The van der Waals surface area contributed by atoms with E-state index < -0.39 is 0 Å². The third-order valence-corrected chi connectivity index (χ3v) is 3.34. The predicted molar refractivity (Wildman–Crippen MR) is 68.6 cm³/mol. The molecule has 1 heterocycles. The second-order valence-corrected chi connectivity index (χ2v) is 6.75. The van der Waals surface area contributed by atoms with Crippen LogP contribution in [0.5, 0.6) is 0 Å². The molecule has 0 aliphatic carbocycles. The molecule has 1 fully saturated rings. The van der Waals surface area contributed by atoms with Gasteiger partial charge in [-0.15, -0.1) is 0 Å². The highest BCUT2D eigenvalue weighted by Crippen LogP contribution is 2.28. The number of nitrogens with zero attached hydrogens (tertiary/aromatic N) is 1. The molecule has 2 N–H and O–H groups in total. The van der Waals surface area contributed by atoms with E-state index in [1.54, 1.807) is 0 Å². The van der Waals surface area contributed by atoms with Crippen LogP contribution in [0.1, 0.15) is 41.0 Å². The maximum atomic E-state index is 9.87. The van der Waals surface area contributed by atoms with E-state index in [1.165, 1.54) is 0 Å². The molecule has 16 heavy (non-hydrogen) atoms. The largest absolute Gasteiger partial charge is 0.392 e. The Balaban J connectivity index is 2.29. The lowest BCUT2D eigenvalue weighted by Gasteiger charge is -2.42. The zero-order valence-electron chi connectivity index (χ0n) is 11.5. The number of hydrogen-bond donors (Lipinski definition) is 2. The fourth-order valence-corrected chi connectivity index (χ4v) is 2.24. The third-order valence-electron chi connectivity index (χ3n) is 3.34. The fourth-order valence-electron chi connectivity index (χ4n) is 2.24. The van der Waals surface area contributed by atoms with Gasteiger partial charge in [-0.05, 0) is 27.2 Å². The molecule has 0 spiro atoms. The van der Waals surface area contributed by atoms with Crippen LogP contribution in [-0.2, 0) is 0 Å². The van der Waals surface area contributed by atoms with E-state index in [2.05, 4.69) is 44.8 Å². The van der Waals surface area contributed by atoms with Crippen LogP contribution in [0, 0.1) is 5.41 Å². The van der Waals surface area contributed by atoms with Crippen molar-refractivity contribution in [2.24, 2.45) is 5.41 Å². The molecule has 1 unspecified atom stereocenters. The van der Waals surface area contributed by atoms with E-state index in [1.807, 2.05) is 0 Å². The summed E-state index contributed by atoms with van der Waals surface area (Å²) in [6.07, 6.45) is 0.766. The van der Waals surface area contributed by atoms with Crippen molar-refractivity contribution in [3.05, 3.63) is 0 Å². The molecule has 1 rings (SSSR count). The molecule has 0 aromatic carbocycles. The first-order chi connectivity index (χ1) is 7.21. The van der Waals surface area contributed by atoms with Crippen molar-refractivity contribution in [1.82, 2.24) is 10.2 Å². The molecule has 0 aromatic heterocycles. The summed E-state index contributed by atoms with van der Waals surface area (Å²) in [4.78, 5) is 2.45. The average molecular weight is 228 g/mol. The molecule has 1 aliphatic rings. The molecular formula is C13H28N2O. The van der Waals surface area contributed by atoms with Crippen molar-refractivity contribution >= 4 is 0 Å². The Morgan fingerprint density at radius 3 is 2.50 bits per heavy atom. The van der Waals surface area contributed by atoms with Crippen LogP contribution in [0.25, 0.3) is 0 Å². The van der Waals surface area contributed by atoms with Gasteiger partial charge in [-0.25, -0.2) is 0 Å². The minimum atomic E-state index is -0.140. The molecular weight excluding hydrogens is 200 g/mol. The zero-order valence-corrected chi connectivity index (χ0v) is 11.5. The zero-order chi connectivity index (χ0) is 12.4. The van der Waals surface area contributed by atoms with Crippen LogP contribution in [0.2, 0.25) is 0 Å². The summed E-state index contributed by atoms with van der Waals surface area (Å²) in [6, 6.07) is 0. The summed E-state index contributed by atoms with van der Waals surface area (Å²) < 4.78 is 0. The smallest absolute Gasteiger partial charge is 0.0615 e. The van der Waals surface area contributed by atoms with Crippen LogP contribution < -0.4 is 5.32 Å². The van der Waals surface area contributed by atoms with Gasteiger partial charge in [-0.1, -0.05) is 13.8 Å². The molecule has 1 saturated heterocycles. The minimum absolute atomic E-state index is 0.0416. The van der Waals surface area contributed by atoms with Crippen molar-refractivity contribution in [3.8, 4) is 0 Å². The van der Waals surface area contributed by atoms with Crippen molar-refractivity contribution in [2.45, 2.75) is 52.7 Å². The first-order valence-electron chi connectivity index (χ1n) is 6.36. The summed E-state index contributed by atoms with van der Waals surface area (Å²) in [6.45, 7) is 15.0. The molecule has 0 aromatic rings. The molecule has 3 heteroatoms. The first kappa shape index (κ1) is 13.9. The number of rotatable bonds is 3. The van der Waals surface area contributed by atoms with E-state index >= 15 is 0 Å². The third kappa shape index (κ3) is 4.40. The minimum Gasteiger partial charge on any atom is -0.392 e. The normalized spacial score (nSPS) is 27.0. The number of aliphatic hydroxyl groups excluding tert-OH is 1. The lowest BCUT2D eigenvalue weighted by atomic mass is 9.81. The highest BCUT2D eigenvalue weighted by molar-refractivity contribution is 4.87. The summed E-state index contributed by atoms with van der Waals surface area (Å²) in [5.74, 6) is 0. The second kappa shape index (κ2) is 5.03. The van der Waals surface area contributed by atoms with Crippen molar-refractivity contribution in [1.29, 1.82) is 0 Å². The summed E-state index contributed by atoms with van der Waals surface area (Å²) >= 11 is 0. The van der Waals surface area contributed by atoms with E-state index in [-0.39, 0.29) is 17.1 Å². The standard InChI is InChI=1S/C13H28N2O/c1-12(2,3)14-7-9-15-8-6-11(16)13(4,5)10-15/h11,14,16H,6-10H2,1-5H3. The Kier molecular flexibility index (Phi) is 4.38. The van der Waals surface area contributed by atoms with E-state index in [0.29, 0.717) is 0 Å². The van der Waals surface area contributed by atoms with Gasteiger partial charge in [0.05, 0.1) is 6.10 Å². The molecule has 96 valence electrons. The Hall–Kier alpha value is -0.120. The molecule has 0 amide bonds. The van der Waals surface area contributed by atoms with E-state index in [0.717, 1.165) is 32.6 Å². The second-order valence-electron chi connectivity index (χ2n) is 6.75. The Bertz CT molecular complexity index is 220.